The molecule has 1 saturated carbocycles. The second-order valence-corrected chi connectivity index (χ2v) is 5.13. The van der Waals surface area contributed by atoms with E-state index in [9.17, 15) is 0 Å². The maximum Gasteiger partial charge on any atom is 0.0503 e. The quantitative estimate of drug-likeness (QED) is 0.621. The molecule has 0 aromatic carbocycles. The van der Waals surface area contributed by atoms with Crippen LogP contribution < -0.4 is 11.3 Å². The summed E-state index contributed by atoms with van der Waals surface area (Å²) in [6.07, 6.45) is 10.3. The van der Waals surface area contributed by atoms with Crippen LogP contribution in [0.1, 0.15) is 50.6 Å². The highest BCUT2D eigenvalue weighted by molar-refractivity contribution is 5.15. The highest BCUT2D eigenvalue weighted by Gasteiger charge is 2.28. The molecule has 0 amide bonds. The fraction of sp³-hybridized carbons (Fsp3) is 0.643. The molecule has 1 aromatic rings. The van der Waals surface area contributed by atoms with Gasteiger partial charge in [0.15, 0.2) is 0 Å². The molecule has 3 heteroatoms. The van der Waals surface area contributed by atoms with Crippen LogP contribution in [0, 0.1) is 11.8 Å². The van der Waals surface area contributed by atoms with Crippen LogP contribution in [0.15, 0.2) is 24.5 Å². The summed E-state index contributed by atoms with van der Waals surface area (Å²) in [6.45, 7) is 2.29. The molecule has 94 valence electrons. The average molecular weight is 233 g/mol. The van der Waals surface area contributed by atoms with Gasteiger partial charge < -0.3 is 0 Å². The minimum atomic E-state index is 0.262. The minimum Gasteiger partial charge on any atom is -0.271 e. The van der Waals surface area contributed by atoms with Gasteiger partial charge in [-0.1, -0.05) is 32.3 Å². The number of hydrogen-bond acceptors (Lipinski definition) is 3. The molecule has 3 nitrogen and oxygen atoms in total. The second kappa shape index (κ2) is 6.12. The lowest BCUT2D eigenvalue weighted by Gasteiger charge is -2.34. The molecule has 1 aromatic heterocycles. The van der Waals surface area contributed by atoms with Crippen molar-refractivity contribution in [2.24, 2.45) is 17.7 Å². The van der Waals surface area contributed by atoms with E-state index in [2.05, 4.69) is 23.4 Å². The fourth-order valence-electron chi connectivity index (χ4n) is 3.07. The Kier molecular flexibility index (Phi) is 4.51. The van der Waals surface area contributed by atoms with Crippen LogP contribution in [0.5, 0.6) is 0 Å². The molecule has 3 unspecified atom stereocenters. The van der Waals surface area contributed by atoms with Gasteiger partial charge in [0.2, 0.25) is 0 Å². The Hall–Kier alpha value is -0.930. The van der Waals surface area contributed by atoms with Crippen molar-refractivity contribution in [2.75, 3.05) is 0 Å². The van der Waals surface area contributed by atoms with E-state index in [1.54, 1.807) is 0 Å². The Morgan fingerprint density at radius 2 is 2.41 bits per heavy atom. The molecule has 1 heterocycles. The van der Waals surface area contributed by atoms with E-state index >= 15 is 0 Å². The summed E-state index contributed by atoms with van der Waals surface area (Å²) in [7, 11) is 0. The lowest BCUT2D eigenvalue weighted by Crippen LogP contribution is -2.35. The largest absolute Gasteiger partial charge is 0.271 e. The van der Waals surface area contributed by atoms with Crippen LogP contribution >= 0.6 is 0 Å². The van der Waals surface area contributed by atoms with E-state index in [0.29, 0.717) is 5.92 Å². The third-order valence-electron chi connectivity index (χ3n) is 4.10. The standard InChI is InChI=1S/C14H23N3/c1-2-11-5-3-6-12(9-11)14(17-15)13-7-4-8-16-10-13/h4,7-8,10-12,14,17H,2-3,5-6,9,15H2,1H3. The van der Waals surface area contributed by atoms with Gasteiger partial charge in [0.25, 0.3) is 0 Å². The molecule has 1 aliphatic carbocycles. The zero-order valence-electron chi connectivity index (χ0n) is 10.6. The molecule has 0 saturated heterocycles. The SMILES string of the molecule is CCC1CCCC(C(NN)c2cccnc2)C1. The molecule has 1 aliphatic rings. The van der Waals surface area contributed by atoms with E-state index in [1.807, 2.05) is 18.5 Å². The van der Waals surface area contributed by atoms with Crippen LogP contribution in [0.4, 0.5) is 0 Å². The van der Waals surface area contributed by atoms with Crippen LogP contribution in [0.3, 0.4) is 0 Å². The molecule has 1 fully saturated rings. The van der Waals surface area contributed by atoms with Gasteiger partial charge in [-0.25, -0.2) is 0 Å². The van der Waals surface area contributed by atoms with Crippen molar-refractivity contribution in [1.82, 2.24) is 10.4 Å². The van der Waals surface area contributed by atoms with Crippen LogP contribution in [0.25, 0.3) is 0 Å². The van der Waals surface area contributed by atoms with Crippen molar-refractivity contribution in [3.05, 3.63) is 30.1 Å². The summed E-state index contributed by atoms with van der Waals surface area (Å²) in [5, 5.41) is 0. The van der Waals surface area contributed by atoms with Gasteiger partial charge in [0, 0.05) is 12.4 Å². The van der Waals surface area contributed by atoms with Gasteiger partial charge >= 0.3 is 0 Å². The normalized spacial score (nSPS) is 26.7. The molecular formula is C14H23N3. The van der Waals surface area contributed by atoms with Crippen LogP contribution in [0.2, 0.25) is 0 Å². The van der Waals surface area contributed by atoms with Crippen molar-refractivity contribution < 1.29 is 0 Å². The first-order chi connectivity index (χ1) is 8.35. The number of nitrogens with zero attached hydrogens (tertiary/aromatic N) is 1. The molecule has 2 rings (SSSR count). The predicted molar refractivity (Wildman–Crippen MR) is 70.0 cm³/mol. The van der Waals surface area contributed by atoms with Crippen molar-refractivity contribution in [3.8, 4) is 0 Å². The second-order valence-electron chi connectivity index (χ2n) is 5.13. The number of pyridine rings is 1. The zero-order valence-corrected chi connectivity index (χ0v) is 10.6. The molecule has 17 heavy (non-hydrogen) atoms. The number of hydrogen-bond donors (Lipinski definition) is 2. The molecule has 0 aliphatic heterocycles. The Morgan fingerprint density at radius 1 is 1.53 bits per heavy atom. The molecule has 0 radical (unpaired) electrons. The van der Waals surface area contributed by atoms with Crippen molar-refractivity contribution in [1.29, 1.82) is 0 Å². The fourth-order valence-corrected chi connectivity index (χ4v) is 3.07. The third-order valence-corrected chi connectivity index (χ3v) is 4.10. The van der Waals surface area contributed by atoms with E-state index in [1.165, 1.54) is 37.7 Å². The van der Waals surface area contributed by atoms with Gasteiger partial charge in [-0.05, 0) is 36.3 Å². The van der Waals surface area contributed by atoms with Crippen molar-refractivity contribution in [2.45, 2.75) is 45.1 Å². The Labute approximate surface area is 104 Å². The van der Waals surface area contributed by atoms with E-state index < -0.39 is 0 Å². The molecule has 0 spiro atoms. The summed E-state index contributed by atoms with van der Waals surface area (Å²) in [5.41, 5.74) is 4.21. The number of aromatic nitrogens is 1. The van der Waals surface area contributed by atoms with E-state index in [0.717, 1.165) is 5.92 Å². The van der Waals surface area contributed by atoms with Gasteiger partial charge in [0.1, 0.15) is 0 Å². The zero-order chi connectivity index (χ0) is 12.1. The number of nitrogens with two attached hydrogens (primary N) is 1. The van der Waals surface area contributed by atoms with E-state index in [4.69, 9.17) is 5.84 Å². The first kappa shape index (κ1) is 12.5. The summed E-state index contributed by atoms with van der Waals surface area (Å²) in [5.74, 6) is 7.28. The Balaban J connectivity index is 2.08. The minimum absolute atomic E-state index is 0.262. The highest BCUT2D eigenvalue weighted by Crippen LogP contribution is 2.37. The lowest BCUT2D eigenvalue weighted by atomic mass is 9.75. The summed E-state index contributed by atoms with van der Waals surface area (Å²) < 4.78 is 0. The summed E-state index contributed by atoms with van der Waals surface area (Å²) >= 11 is 0. The molecular weight excluding hydrogens is 210 g/mol. The average Bonchev–Trinajstić information content (AvgIpc) is 2.41. The maximum absolute atomic E-state index is 5.74. The van der Waals surface area contributed by atoms with E-state index in [-0.39, 0.29) is 6.04 Å². The maximum atomic E-state index is 5.74. The Bertz CT molecular complexity index is 325. The monoisotopic (exact) mass is 233 g/mol. The van der Waals surface area contributed by atoms with Crippen molar-refractivity contribution >= 4 is 0 Å². The van der Waals surface area contributed by atoms with Gasteiger partial charge in [-0.2, -0.15) is 0 Å². The number of rotatable bonds is 4. The lowest BCUT2D eigenvalue weighted by molar-refractivity contribution is 0.210. The summed E-state index contributed by atoms with van der Waals surface area (Å²) in [4.78, 5) is 4.19. The third kappa shape index (κ3) is 3.05. The van der Waals surface area contributed by atoms with Gasteiger partial charge in [-0.15, -0.1) is 0 Å². The molecule has 3 N–H and O–H groups in total. The van der Waals surface area contributed by atoms with Crippen LogP contribution in [-0.4, -0.2) is 4.98 Å². The first-order valence-electron chi connectivity index (χ1n) is 6.71. The molecule has 0 bridgehead atoms. The predicted octanol–water partition coefficient (Wildman–Crippen LogP) is 2.80. The topological polar surface area (TPSA) is 50.9 Å². The van der Waals surface area contributed by atoms with Crippen LogP contribution in [-0.2, 0) is 0 Å². The number of nitrogens with one attached hydrogen (secondary N) is 1. The van der Waals surface area contributed by atoms with Crippen molar-refractivity contribution in [3.63, 3.8) is 0 Å². The number of hydrazine groups is 1. The smallest absolute Gasteiger partial charge is 0.0503 e. The summed E-state index contributed by atoms with van der Waals surface area (Å²) in [6, 6.07) is 4.37. The van der Waals surface area contributed by atoms with Gasteiger partial charge in [0.05, 0.1) is 6.04 Å². The molecule has 3 atom stereocenters. The first-order valence-corrected chi connectivity index (χ1v) is 6.71. The highest BCUT2D eigenvalue weighted by atomic mass is 15.2. The Morgan fingerprint density at radius 3 is 3.06 bits per heavy atom. The van der Waals surface area contributed by atoms with Gasteiger partial charge in [-0.3, -0.25) is 16.3 Å².